The second kappa shape index (κ2) is 5.46. The van der Waals surface area contributed by atoms with Crippen LogP contribution in [0.4, 0.5) is 0 Å². The molecular weight excluding hydrogens is 202 g/mol. The topological polar surface area (TPSA) is 41.3 Å². The van der Waals surface area contributed by atoms with E-state index in [0.717, 1.165) is 37.0 Å². The molecule has 0 bridgehead atoms. The van der Waals surface area contributed by atoms with Gasteiger partial charge in [0.1, 0.15) is 0 Å². The predicted molar refractivity (Wildman–Crippen MR) is 62.9 cm³/mol. The Morgan fingerprint density at radius 1 is 1.56 bits per heavy atom. The fourth-order valence-electron chi connectivity index (χ4n) is 1.89. The zero-order chi connectivity index (χ0) is 11.4. The minimum atomic E-state index is 0.776. The van der Waals surface area contributed by atoms with Crippen LogP contribution < -0.4 is 5.32 Å². The average Bonchev–Trinajstić information content (AvgIpc) is 2.99. The zero-order valence-electron chi connectivity index (χ0n) is 10.2. The van der Waals surface area contributed by atoms with Crippen LogP contribution in [-0.2, 0) is 13.1 Å². The molecule has 0 aliphatic heterocycles. The number of aromatic nitrogens is 1. The molecule has 1 aliphatic carbocycles. The van der Waals surface area contributed by atoms with Crippen LogP contribution in [0.25, 0.3) is 0 Å². The van der Waals surface area contributed by atoms with Crippen LogP contribution in [0, 0.1) is 5.92 Å². The van der Waals surface area contributed by atoms with Gasteiger partial charge in [-0.1, -0.05) is 12.1 Å². The molecule has 0 spiro atoms. The van der Waals surface area contributed by atoms with Crippen LogP contribution in [0.15, 0.2) is 10.6 Å². The molecule has 90 valence electrons. The van der Waals surface area contributed by atoms with Gasteiger partial charge in [0, 0.05) is 19.2 Å². The Morgan fingerprint density at radius 2 is 2.38 bits per heavy atom. The molecular formula is C12H21N3O. The molecule has 0 atom stereocenters. The highest BCUT2D eigenvalue weighted by molar-refractivity contribution is 5.05. The van der Waals surface area contributed by atoms with E-state index in [0.29, 0.717) is 0 Å². The normalized spacial score (nSPS) is 15.9. The smallest absolute Gasteiger partial charge is 0.151 e. The van der Waals surface area contributed by atoms with E-state index in [-0.39, 0.29) is 0 Å². The molecule has 0 radical (unpaired) electrons. The van der Waals surface area contributed by atoms with Crippen molar-refractivity contribution in [2.45, 2.75) is 32.9 Å². The molecule has 2 rings (SSSR count). The van der Waals surface area contributed by atoms with Crippen LogP contribution in [0.3, 0.4) is 0 Å². The van der Waals surface area contributed by atoms with Crippen molar-refractivity contribution in [1.82, 2.24) is 15.4 Å². The summed E-state index contributed by atoms with van der Waals surface area (Å²) in [6.07, 6.45) is 2.80. The zero-order valence-corrected chi connectivity index (χ0v) is 10.2. The van der Waals surface area contributed by atoms with Gasteiger partial charge in [-0.2, -0.15) is 0 Å². The molecule has 1 N–H and O–H groups in total. The Balaban J connectivity index is 1.84. The second-order valence-electron chi connectivity index (χ2n) is 4.59. The highest BCUT2D eigenvalue weighted by Crippen LogP contribution is 2.30. The van der Waals surface area contributed by atoms with E-state index in [1.165, 1.54) is 19.4 Å². The van der Waals surface area contributed by atoms with Crippen LogP contribution in [-0.4, -0.2) is 30.2 Å². The Bertz CT molecular complexity index is 320. The third-order valence-corrected chi connectivity index (χ3v) is 3.01. The molecule has 1 aromatic heterocycles. The van der Waals surface area contributed by atoms with E-state index in [1.54, 1.807) is 0 Å². The van der Waals surface area contributed by atoms with Gasteiger partial charge in [0.05, 0.1) is 12.2 Å². The Hall–Kier alpha value is -0.870. The van der Waals surface area contributed by atoms with Crippen molar-refractivity contribution in [2.75, 3.05) is 20.1 Å². The first kappa shape index (κ1) is 11.6. The van der Waals surface area contributed by atoms with Gasteiger partial charge in [-0.05, 0) is 32.4 Å². The van der Waals surface area contributed by atoms with Crippen molar-refractivity contribution in [2.24, 2.45) is 5.92 Å². The number of rotatable bonds is 7. The summed E-state index contributed by atoms with van der Waals surface area (Å²) in [5.41, 5.74) is 0.986. The number of hydrogen-bond donors (Lipinski definition) is 1. The lowest BCUT2D eigenvalue weighted by atomic mass is 10.3. The van der Waals surface area contributed by atoms with Gasteiger partial charge >= 0.3 is 0 Å². The number of nitrogens with zero attached hydrogens (tertiary/aromatic N) is 2. The summed E-state index contributed by atoms with van der Waals surface area (Å²) in [6.45, 7) is 6.16. The summed E-state index contributed by atoms with van der Waals surface area (Å²) in [5.74, 6) is 1.91. The molecule has 4 nitrogen and oxygen atoms in total. The van der Waals surface area contributed by atoms with E-state index >= 15 is 0 Å². The summed E-state index contributed by atoms with van der Waals surface area (Å²) < 4.78 is 5.32. The fraction of sp³-hybridized carbons (Fsp3) is 0.750. The van der Waals surface area contributed by atoms with Crippen molar-refractivity contribution in [1.29, 1.82) is 0 Å². The molecule has 0 amide bonds. The van der Waals surface area contributed by atoms with E-state index < -0.39 is 0 Å². The van der Waals surface area contributed by atoms with Crippen molar-refractivity contribution < 1.29 is 4.52 Å². The van der Waals surface area contributed by atoms with Gasteiger partial charge in [-0.15, -0.1) is 0 Å². The number of nitrogens with one attached hydrogen (secondary N) is 1. The SMILES string of the molecule is CCN(Cc1cc(CNC)no1)CC1CC1. The first-order valence-electron chi connectivity index (χ1n) is 6.13. The predicted octanol–water partition coefficient (Wildman–Crippen LogP) is 1.63. The average molecular weight is 223 g/mol. The maximum Gasteiger partial charge on any atom is 0.151 e. The maximum atomic E-state index is 5.32. The monoisotopic (exact) mass is 223 g/mol. The van der Waals surface area contributed by atoms with Gasteiger partial charge in [0.25, 0.3) is 0 Å². The summed E-state index contributed by atoms with van der Waals surface area (Å²) >= 11 is 0. The molecule has 4 heteroatoms. The minimum Gasteiger partial charge on any atom is -0.360 e. The van der Waals surface area contributed by atoms with Gasteiger partial charge in [0.2, 0.25) is 0 Å². The highest BCUT2D eigenvalue weighted by atomic mass is 16.5. The molecule has 0 aromatic carbocycles. The third-order valence-electron chi connectivity index (χ3n) is 3.01. The van der Waals surface area contributed by atoms with Crippen LogP contribution in [0.2, 0.25) is 0 Å². The second-order valence-corrected chi connectivity index (χ2v) is 4.59. The molecule has 1 heterocycles. The maximum absolute atomic E-state index is 5.32. The van der Waals surface area contributed by atoms with E-state index in [2.05, 4.69) is 22.3 Å². The Labute approximate surface area is 97.0 Å². The Kier molecular flexibility index (Phi) is 3.96. The summed E-state index contributed by atoms with van der Waals surface area (Å²) in [5, 5.41) is 7.09. The van der Waals surface area contributed by atoms with Gasteiger partial charge in [-0.25, -0.2) is 0 Å². The summed E-state index contributed by atoms with van der Waals surface area (Å²) in [6, 6.07) is 2.05. The summed E-state index contributed by atoms with van der Waals surface area (Å²) in [7, 11) is 1.92. The van der Waals surface area contributed by atoms with Crippen molar-refractivity contribution in [3.63, 3.8) is 0 Å². The van der Waals surface area contributed by atoms with Crippen molar-refractivity contribution in [3.05, 3.63) is 17.5 Å². The molecule has 0 saturated heterocycles. The molecule has 1 saturated carbocycles. The molecule has 1 aliphatic rings. The first-order valence-corrected chi connectivity index (χ1v) is 6.13. The van der Waals surface area contributed by atoms with Crippen LogP contribution >= 0.6 is 0 Å². The van der Waals surface area contributed by atoms with E-state index in [1.807, 2.05) is 13.1 Å². The van der Waals surface area contributed by atoms with E-state index in [4.69, 9.17) is 4.52 Å². The summed E-state index contributed by atoms with van der Waals surface area (Å²) in [4.78, 5) is 2.43. The van der Waals surface area contributed by atoms with Crippen LogP contribution in [0.1, 0.15) is 31.2 Å². The third kappa shape index (κ3) is 3.32. The largest absolute Gasteiger partial charge is 0.360 e. The van der Waals surface area contributed by atoms with Gasteiger partial charge < -0.3 is 9.84 Å². The molecule has 16 heavy (non-hydrogen) atoms. The molecule has 0 unspecified atom stereocenters. The fourth-order valence-corrected chi connectivity index (χ4v) is 1.89. The minimum absolute atomic E-state index is 0.776. The molecule has 1 fully saturated rings. The van der Waals surface area contributed by atoms with Crippen molar-refractivity contribution >= 4 is 0 Å². The highest BCUT2D eigenvalue weighted by Gasteiger charge is 2.24. The first-order chi connectivity index (χ1) is 7.81. The van der Waals surface area contributed by atoms with E-state index in [9.17, 15) is 0 Å². The standard InChI is InChI=1S/C12H21N3O/c1-3-15(8-10-4-5-10)9-12-6-11(7-13-2)14-16-12/h6,10,13H,3-5,7-9H2,1-2H3. The quantitative estimate of drug-likeness (QED) is 0.762. The Morgan fingerprint density at radius 3 is 3.00 bits per heavy atom. The lowest BCUT2D eigenvalue weighted by molar-refractivity contribution is 0.232. The number of hydrogen-bond acceptors (Lipinski definition) is 4. The van der Waals surface area contributed by atoms with Crippen molar-refractivity contribution in [3.8, 4) is 0 Å². The van der Waals surface area contributed by atoms with Gasteiger partial charge in [-0.3, -0.25) is 4.90 Å². The molecule has 1 aromatic rings. The van der Waals surface area contributed by atoms with Crippen LogP contribution in [0.5, 0.6) is 0 Å². The lowest BCUT2D eigenvalue weighted by Crippen LogP contribution is -2.24. The lowest BCUT2D eigenvalue weighted by Gasteiger charge is -2.17. The van der Waals surface area contributed by atoms with Gasteiger partial charge in [0.15, 0.2) is 5.76 Å².